The molecule has 0 aromatic heterocycles. The normalized spacial score (nSPS) is 19.2. The van der Waals surface area contributed by atoms with Crippen LogP contribution in [0.2, 0.25) is 0 Å². The highest BCUT2D eigenvalue weighted by atomic mass is 16.6. The van der Waals surface area contributed by atoms with Gasteiger partial charge in [-0.25, -0.2) is 0 Å². The molecule has 0 bridgehead atoms. The molecule has 0 spiro atoms. The van der Waals surface area contributed by atoms with E-state index < -0.39 is 23.5 Å². The molecule has 0 heterocycles. The van der Waals surface area contributed by atoms with Gasteiger partial charge in [-0.05, 0) is 58.4 Å². The Labute approximate surface area is 173 Å². The van der Waals surface area contributed by atoms with Crippen molar-refractivity contribution in [1.82, 2.24) is 0 Å². The number of carbonyl (C=O) groups is 2. The molecule has 2 atom stereocenters. The molecule has 2 rings (SSSR count). The molecule has 5 heteroatoms. The van der Waals surface area contributed by atoms with Gasteiger partial charge in [0.05, 0.1) is 19.3 Å². The van der Waals surface area contributed by atoms with E-state index in [9.17, 15) is 14.7 Å². The van der Waals surface area contributed by atoms with Gasteiger partial charge in [0, 0.05) is 0 Å². The summed E-state index contributed by atoms with van der Waals surface area (Å²) in [5.74, 6) is -1.10. The van der Waals surface area contributed by atoms with Gasteiger partial charge >= 0.3 is 11.9 Å². The van der Waals surface area contributed by atoms with Crippen molar-refractivity contribution in [3.63, 3.8) is 0 Å². The van der Waals surface area contributed by atoms with E-state index in [0.29, 0.717) is 19.3 Å². The highest BCUT2D eigenvalue weighted by Gasteiger charge is 2.55. The van der Waals surface area contributed by atoms with Crippen LogP contribution in [0.4, 0.5) is 0 Å². The van der Waals surface area contributed by atoms with E-state index in [1.807, 2.05) is 56.3 Å². The van der Waals surface area contributed by atoms with E-state index in [1.165, 1.54) is 0 Å². The quantitative estimate of drug-likeness (QED) is 0.394. The summed E-state index contributed by atoms with van der Waals surface area (Å²) in [5, 5.41) is 10.4. The van der Waals surface area contributed by atoms with E-state index >= 15 is 0 Å². The molecule has 29 heavy (non-hydrogen) atoms. The van der Waals surface area contributed by atoms with Gasteiger partial charge in [-0.3, -0.25) is 9.59 Å². The second-order valence-corrected chi connectivity index (χ2v) is 7.63. The molecule has 5 nitrogen and oxygen atoms in total. The van der Waals surface area contributed by atoms with Gasteiger partial charge in [-0.15, -0.1) is 0 Å². The molecule has 0 radical (unpaired) electrons. The molecule has 158 valence electrons. The first-order chi connectivity index (χ1) is 13.9. The number of allylic oxidation sites excluding steroid dienone is 3. The first-order valence-electron chi connectivity index (χ1n) is 10.3. The summed E-state index contributed by atoms with van der Waals surface area (Å²) in [5.41, 5.74) is 1.69. The maximum absolute atomic E-state index is 12.8. The van der Waals surface area contributed by atoms with Gasteiger partial charge in [-0.2, -0.15) is 0 Å². The molecule has 1 aliphatic carbocycles. The van der Waals surface area contributed by atoms with Crippen molar-refractivity contribution >= 4 is 11.9 Å². The number of rotatable bonds is 8. The monoisotopic (exact) mass is 400 g/mol. The zero-order valence-corrected chi connectivity index (χ0v) is 17.8. The minimum atomic E-state index is -1.30. The van der Waals surface area contributed by atoms with Crippen molar-refractivity contribution in [3.8, 4) is 0 Å². The lowest BCUT2D eigenvalue weighted by atomic mass is 9.85. The molecule has 0 aliphatic heterocycles. The lowest BCUT2D eigenvalue weighted by Crippen LogP contribution is -2.40. The third kappa shape index (κ3) is 5.36. The Morgan fingerprint density at radius 3 is 2.24 bits per heavy atom. The van der Waals surface area contributed by atoms with Crippen LogP contribution >= 0.6 is 0 Å². The molecule has 1 N–H and O–H groups in total. The van der Waals surface area contributed by atoms with Crippen molar-refractivity contribution in [3.05, 3.63) is 59.2 Å². The Balaban J connectivity index is 2.23. The molecule has 1 aromatic carbocycles. The fourth-order valence-electron chi connectivity index (χ4n) is 3.87. The van der Waals surface area contributed by atoms with Crippen LogP contribution in [0.1, 0.15) is 58.6 Å². The summed E-state index contributed by atoms with van der Waals surface area (Å²) < 4.78 is 10.5. The van der Waals surface area contributed by atoms with Gasteiger partial charge < -0.3 is 14.6 Å². The summed E-state index contributed by atoms with van der Waals surface area (Å²) in [7, 11) is 0. The number of esters is 2. The van der Waals surface area contributed by atoms with Gasteiger partial charge in [0.1, 0.15) is 0 Å². The summed E-state index contributed by atoms with van der Waals surface area (Å²) >= 11 is 0. The van der Waals surface area contributed by atoms with Crippen molar-refractivity contribution in [2.24, 2.45) is 11.3 Å². The molecular weight excluding hydrogens is 368 g/mol. The van der Waals surface area contributed by atoms with E-state index in [-0.39, 0.29) is 19.1 Å². The first-order valence-corrected chi connectivity index (χ1v) is 10.3. The third-order valence-corrected chi connectivity index (χ3v) is 5.39. The van der Waals surface area contributed by atoms with Gasteiger partial charge in [-0.1, -0.05) is 53.6 Å². The Hall–Kier alpha value is -2.40. The minimum Gasteiger partial charge on any atom is -0.465 e. The number of aliphatic hydroxyl groups is 1. The van der Waals surface area contributed by atoms with Gasteiger partial charge in [0.25, 0.3) is 0 Å². The van der Waals surface area contributed by atoms with E-state index in [0.717, 1.165) is 16.7 Å². The van der Waals surface area contributed by atoms with Crippen LogP contribution in [0.5, 0.6) is 0 Å². The molecule has 1 aliphatic rings. The van der Waals surface area contributed by atoms with Gasteiger partial charge in [0.2, 0.25) is 0 Å². The van der Waals surface area contributed by atoms with Crippen molar-refractivity contribution < 1.29 is 24.2 Å². The summed E-state index contributed by atoms with van der Waals surface area (Å²) in [6.07, 6.45) is 4.42. The van der Waals surface area contributed by atoms with Crippen molar-refractivity contribution in [2.75, 3.05) is 13.2 Å². The Kier molecular flexibility index (Phi) is 8.21. The lowest BCUT2D eigenvalue weighted by molar-refractivity contribution is -0.171. The molecular formula is C24H32O5. The Morgan fingerprint density at radius 2 is 1.72 bits per heavy atom. The zero-order chi connectivity index (χ0) is 21.4. The molecule has 1 saturated carbocycles. The highest BCUT2D eigenvalue weighted by molar-refractivity contribution is 6.01. The highest BCUT2D eigenvalue weighted by Crippen LogP contribution is 2.49. The second kappa shape index (κ2) is 10.4. The SMILES string of the molecule is CCOC(=O)C1(C(=O)OCC)CC(=C(C)C)[C@@H](/C=C/C[C@@H](O)c2ccccc2)C1. The number of carbonyl (C=O) groups excluding carboxylic acids is 2. The lowest BCUT2D eigenvalue weighted by Gasteiger charge is -2.24. The van der Waals surface area contributed by atoms with Gasteiger partial charge in [0.15, 0.2) is 5.41 Å². The van der Waals surface area contributed by atoms with Crippen LogP contribution < -0.4 is 0 Å². The average Bonchev–Trinajstić information content (AvgIpc) is 3.10. The minimum absolute atomic E-state index is 0.0724. The topological polar surface area (TPSA) is 72.8 Å². The average molecular weight is 401 g/mol. The molecule has 0 saturated heterocycles. The van der Waals surface area contributed by atoms with E-state index in [2.05, 4.69) is 0 Å². The van der Waals surface area contributed by atoms with Crippen molar-refractivity contribution in [2.45, 2.75) is 53.1 Å². The number of benzene rings is 1. The van der Waals surface area contributed by atoms with Crippen LogP contribution in [0.15, 0.2) is 53.6 Å². The predicted molar refractivity (Wildman–Crippen MR) is 112 cm³/mol. The summed E-state index contributed by atoms with van der Waals surface area (Å²) in [6, 6.07) is 9.49. The zero-order valence-electron chi connectivity index (χ0n) is 17.8. The smallest absolute Gasteiger partial charge is 0.323 e. The fraction of sp³-hybridized carbons (Fsp3) is 0.500. The second-order valence-electron chi connectivity index (χ2n) is 7.63. The van der Waals surface area contributed by atoms with Crippen LogP contribution in [0, 0.1) is 11.3 Å². The van der Waals surface area contributed by atoms with Crippen molar-refractivity contribution in [1.29, 1.82) is 0 Å². The number of aliphatic hydroxyl groups excluding tert-OH is 1. The van der Waals surface area contributed by atoms with Crippen LogP contribution in [0.25, 0.3) is 0 Å². The van der Waals surface area contributed by atoms with E-state index in [4.69, 9.17) is 9.47 Å². The number of ether oxygens (including phenoxy) is 2. The van der Waals surface area contributed by atoms with Crippen LogP contribution in [-0.2, 0) is 19.1 Å². The predicted octanol–water partition coefficient (Wildman–Crippen LogP) is 4.53. The molecule has 0 amide bonds. The number of hydrogen-bond acceptors (Lipinski definition) is 5. The first kappa shape index (κ1) is 22.9. The standard InChI is InChI=1S/C24H32O5/c1-5-28-22(26)24(23(27)29-6-2)15-19(20(16-24)17(3)4)13-10-14-21(25)18-11-8-7-9-12-18/h7-13,19,21,25H,5-6,14-16H2,1-4H3/b13-10+/t19-,21+/m0/s1. The molecule has 0 unspecified atom stereocenters. The largest absolute Gasteiger partial charge is 0.465 e. The molecule has 1 fully saturated rings. The van der Waals surface area contributed by atoms with Crippen LogP contribution in [-0.4, -0.2) is 30.3 Å². The Bertz CT molecular complexity index is 741. The maximum atomic E-state index is 12.8. The van der Waals surface area contributed by atoms with Crippen LogP contribution in [0.3, 0.4) is 0 Å². The number of hydrogen-bond donors (Lipinski definition) is 1. The third-order valence-electron chi connectivity index (χ3n) is 5.39. The van der Waals surface area contributed by atoms with E-state index in [1.54, 1.807) is 13.8 Å². The fourth-order valence-corrected chi connectivity index (χ4v) is 3.87. The maximum Gasteiger partial charge on any atom is 0.323 e. The summed E-state index contributed by atoms with van der Waals surface area (Å²) in [4.78, 5) is 25.5. The summed E-state index contributed by atoms with van der Waals surface area (Å²) in [6.45, 7) is 7.87. The Morgan fingerprint density at radius 1 is 1.14 bits per heavy atom. The molecule has 1 aromatic rings.